The number of nitrogens with zero attached hydrogens (tertiary/aromatic N) is 1. The fourth-order valence-electron chi connectivity index (χ4n) is 2.55. The van der Waals surface area contributed by atoms with Crippen molar-refractivity contribution in [3.63, 3.8) is 0 Å². The standard InChI is InChI=1S/C24H20N2O3/c25-15-16-28-22-12-10-21(11-13-22)26-24(27)14-9-19-7-4-8-23(17-19)29-18-20-5-2-1-3-6-20/h1-14,17H,16,18H2,(H,26,27)/b14-9+. The molecule has 0 aliphatic carbocycles. The van der Waals surface area contributed by atoms with Crippen LogP contribution in [0.25, 0.3) is 6.08 Å². The van der Waals surface area contributed by atoms with Gasteiger partial charge in [-0.15, -0.1) is 0 Å². The predicted molar refractivity (Wildman–Crippen MR) is 112 cm³/mol. The maximum absolute atomic E-state index is 12.1. The highest BCUT2D eigenvalue weighted by Crippen LogP contribution is 2.17. The van der Waals surface area contributed by atoms with Crippen LogP contribution in [0.15, 0.2) is 84.9 Å². The first-order valence-corrected chi connectivity index (χ1v) is 9.08. The molecule has 0 bridgehead atoms. The van der Waals surface area contributed by atoms with Crippen molar-refractivity contribution in [2.75, 3.05) is 11.9 Å². The Morgan fingerprint density at radius 1 is 0.931 bits per heavy atom. The molecule has 0 aliphatic heterocycles. The normalized spacial score (nSPS) is 10.3. The summed E-state index contributed by atoms with van der Waals surface area (Å²) in [6, 6.07) is 26.2. The van der Waals surface area contributed by atoms with Gasteiger partial charge in [-0.3, -0.25) is 4.79 Å². The van der Waals surface area contributed by atoms with E-state index in [1.807, 2.05) is 60.7 Å². The first kappa shape index (κ1) is 19.7. The Bertz CT molecular complexity index is 1010. The van der Waals surface area contributed by atoms with E-state index in [0.29, 0.717) is 18.0 Å². The number of hydrogen-bond donors (Lipinski definition) is 1. The molecule has 0 saturated carbocycles. The lowest BCUT2D eigenvalue weighted by Crippen LogP contribution is -2.07. The van der Waals surface area contributed by atoms with Gasteiger partial charge in [-0.1, -0.05) is 42.5 Å². The molecule has 5 heteroatoms. The van der Waals surface area contributed by atoms with Crippen LogP contribution in [-0.2, 0) is 11.4 Å². The fraction of sp³-hybridized carbons (Fsp3) is 0.0833. The third kappa shape index (κ3) is 6.56. The molecule has 0 radical (unpaired) electrons. The highest BCUT2D eigenvalue weighted by Gasteiger charge is 2.00. The summed E-state index contributed by atoms with van der Waals surface area (Å²) < 4.78 is 11.0. The van der Waals surface area contributed by atoms with E-state index < -0.39 is 0 Å². The second-order valence-electron chi connectivity index (χ2n) is 6.14. The van der Waals surface area contributed by atoms with Crippen molar-refractivity contribution >= 4 is 17.7 Å². The zero-order valence-corrected chi connectivity index (χ0v) is 15.7. The third-order valence-electron chi connectivity index (χ3n) is 3.96. The van der Waals surface area contributed by atoms with Crippen molar-refractivity contribution in [3.8, 4) is 17.6 Å². The highest BCUT2D eigenvalue weighted by molar-refractivity contribution is 6.01. The Morgan fingerprint density at radius 3 is 2.48 bits per heavy atom. The van der Waals surface area contributed by atoms with Crippen LogP contribution in [-0.4, -0.2) is 12.5 Å². The first-order chi connectivity index (χ1) is 14.2. The van der Waals surface area contributed by atoms with E-state index in [-0.39, 0.29) is 12.5 Å². The number of amides is 1. The molecule has 144 valence electrons. The molecular weight excluding hydrogens is 364 g/mol. The van der Waals surface area contributed by atoms with Crippen LogP contribution in [0.5, 0.6) is 11.5 Å². The minimum Gasteiger partial charge on any atom is -0.489 e. The molecule has 0 spiro atoms. The molecule has 3 aromatic rings. The smallest absolute Gasteiger partial charge is 0.248 e. The van der Waals surface area contributed by atoms with Crippen molar-refractivity contribution < 1.29 is 14.3 Å². The maximum Gasteiger partial charge on any atom is 0.248 e. The van der Waals surface area contributed by atoms with Gasteiger partial charge in [0.25, 0.3) is 0 Å². The van der Waals surface area contributed by atoms with Crippen LogP contribution in [0, 0.1) is 11.3 Å². The summed E-state index contributed by atoms with van der Waals surface area (Å²) in [6.45, 7) is 0.477. The van der Waals surface area contributed by atoms with Gasteiger partial charge in [-0.2, -0.15) is 5.26 Å². The van der Waals surface area contributed by atoms with Gasteiger partial charge in [0.15, 0.2) is 6.61 Å². The Labute approximate surface area is 169 Å². The van der Waals surface area contributed by atoms with E-state index >= 15 is 0 Å². The summed E-state index contributed by atoms with van der Waals surface area (Å²) >= 11 is 0. The van der Waals surface area contributed by atoms with Gasteiger partial charge >= 0.3 is 0 Å². The highest BCUT2D eigenvalue weighted by atomic mass is 16.5. The van der Waals surface area contributed by atoms with Crippen LogP contribution in [0.2, 0.25) is 0 Å². The fourth-order valence-corrected chi connectivity index (χ4v) is 2.55. The summed E-state index contributed by atoms with van der Waals surface area (Å²) in [5.74, 6) is 1.07. The van der Waals surface area contributed by atoms with Crippen molar-refractivity contribution in [1.29, 1.82) is 5.26 Å². The number of anilines is 1. The second-order valence-corrected chi connectivity index (χ2v) is 6.14. The molecule has 0 heterocycles. The quantitative estimate of drug-likeness (QED) is 0.565. The molecule has 0 atom stereocenters. The van der Waals surface area contributed by atoms with E-state index in [9.17, 15) is 4.79 Å². The van der Waals surface area contributed by atoms with Gasteiger partial charge in [0.05, 0.1) is 0 Å². The van der Waals surface area contributed by atoms with Crippen molar-refractivity contribution in [3.05, 3.63) is 96.1 Å². The first-order valence-electron chi connectivity index (χ1n) is 9.08. The van der Waals surface area contributed by atoms with Gasteiger partial charge in [0.1, 0.15) is 24.2 Å². The topological polar surface area (TPSA) is 71.3 Å². The summed E-state index contributed by atoms with van der Waals surface area (Å²) in [7, 11) is 0. The number of carbonyl (C=O) groups excluding carboxylic acids is 1. The van der Waals surface area contributed by atoms with Crippen LogP contribution in [0.1, 0.15) is 11.1 Å². The molecule has 3 aromatic carbocycles. The van der Waals surface area contributed by atoms with E-state index in [1.54, 1.807) is 30.3 Å². The number of hydrogen-bond acceptors (Lipinski definition) is 4. The molecule has 1 N–H and O–H groups in total. The SMILES string of the molecule is N#CCOc1ccc(NC(=O)/C=C/c2cccc(OCc3ccccc3)c2)cc1. The van der Waals surface area contributed by atoms with E-state index in [1.165, 1.54) is 6.08 Å². The molecule has 29 heavy (non-hydrogen) atoms. The average Bonchev–Trinajstić information content (AvgIpc) is 2.77. The van der Waals surface area contributed by atoms with E-state index in [2.05, 4.69) is 5.32 Å². The van der Waals surface area contributed by atoms with Crippen LogP contribution in [0.3, 0.4) is 0 Å². The summed E-state index contributed by atoms with van der Waals surface area (Å²) in [5, 5.41) is 11.3. The van der Waals surface area contributed by atoms with Crippen LogP contribution in [0.4, 0.5) is 5.69 Å². The summed E-state index contributed by atoms with van der Waals surface area (Å²) in [4.78, 5) is 12.1. The molecular formula is C24H20N2O3. The van der Waals surface area contributed by atoms with Gasteiger partial charge in [0, 0.05) is 11.8 Å². The van der Waals surface area contributed by atoms with E-state index in [4.69, 9.17) is 14.7 Å². The molecule has 3 rings (SSSR count). The molecule has 0 saturated heterocycles. The molecule has 0 aromatic heterocycles. The van der Waals surface area contributed by atoms with Crippen LogP contribution >= 0.6 is 0 Å². The molecule has 0 unspecified atom stereocenters. The Morgan fingerprint density at radius 2 is 1.72 bits per heavy atom. The van der Waals surface area contributed by atoms with Crippen molar-refractivity contribution in [2.24, 2.45) is 0 Å². The number of nitriles is 1. The molecule has 0 aliphatic rings. The van der Waals surface area contributed by atoms with Gasteiger partial charge < -0.3 is 14.8 Å². The Hall–Kier alpha value is -4.04. The summed E-state index contributed by atoms with van der Waals surface area (Å²) in [6.07, 6.45) is 3.20. The van der Waals surface area contributed by atoms with Gasteiger partial charge in [-0.05, 0) is 53.6 Å². The number of rotatable bonds is 8. The molecule has 5 nitrogen and oxygen atoms in total. The zero-order chi connectivity index (χ0) is 20.3. The minimum atomic E-state index is -0.244. The second kappa shape index (κ2) is 10.3. The van der Waals surface area contributed by atoms with Gasteiger partial charge in [0.2, 0.25) is 5.91 Å². The van der Waals surface area contributed by atoms with Crippen molar-refractivity contribution in [1.82, 2.24) is 0 Å². The number of nitrogens with one attached hydrogen (secondary N) is 1. The van der Waals surface area contributed by atoms with Crippen molar-refractivity contribution in [2.45, 2.75) is 6.61 Å². The van der Waals surface area contributed by atoms with Crippen LogP contribution < -0.4 is 14.8 Å². The lowest BCUT2D eigenvalue weighted by molar-refractivity contribution is -0.111. The zero-order valence-electron chi connectivity index (χ0n) is 15.7. The molecule has 1 amide bonds. The number of ether oxygens (including phenoxy) is 2. The summed E-state index contributed by atoms with van der Waals surface area (Å²) in [5.41, 5.74) is 2.60. The number of benzene rings is 3. The predicted octanol–water partition coefficient (Wildman–Crippen LogP) is 4.82. The Balaban J connectivity index is 1.53. The Kier molecular flexibility index (Phi) is 7.03. The monoisotopic (exact) mass is 384 g/mol. The maximum atomic E-state index is 12.1. The molecule has 0 fully saturated rings. The largest absolute Gasteiger partial charge is 0.489 e. The lowest BCUT2D eigenvalue weighted by Gasteiger charge is -2.07. The third-order valence-corrected chi connectivity index (χ3v) is 3.96. The lowest BCUT2D eigenvalue weighted by atomic mass is 10.2. The average molecular weight is 384 g/mol. The minimum absolute atomic E-state index is 0.0113. The number of carbonyl (C=O) groups is 1. The van der Waals surface area contributed by atoms with E-state index in [0.717, 1.165) is 16.9 Å². The van der Waals surface area contributed by atoms with Gasteiger partial charge in [-0.25, -0.2) is 0 Å².